The van der Waals surface area contributed by atoms with Gasteiger partial charge in [0.25, 0.3) is 5.89 Å². The fourth-order valence-electron chi connectivity index (χ4n) is 3.18. The number of aryl methyl sites for hydroxylation is 2. The molecule has 0 aliphatic rings. The Morgan fingerprint density at radius 1 is 1.19 bits per heavy atom. The zero-order chi connectivity index (χ0) is 19.0. The molecule has 0 radical (unpaired) electrons. The van der Waals surface area contributed by atoms with Gasteiger partial charge < -0.3 is 9.09 Å². The van der Waals surface area contributed by atoms with E-state index >= 15 is 0 Å². The minimum absolute atomic E-state index is 0.132. The molecule has 0 fully saturated rings. The first kappa shape index (κ1) is 17.1. The van der Waals surface area contributed by atoms with E-state index in [9.17, 15) is 9.18 Å². The van der Waals surface area contributed by atoms with Crippen LogP contribution in [0.15, 0.2) is 58.0 Å². The Morgan fingerprint density at radius 3 is 2.81 bits per heavy atom. The zero-order valence-electron chi connectivity index (χ0n) is 15.1. The lowest BCUT2D eigenvalue weighted by atomic mass is 10.1. The molecule has 0 saturated heterocycles. The molecule has 5 nitrogen and oxygen atoms in total. The van der Waals surface area contributed by atoms with E-state index in [4.69, 9.17) is 4.52 Å². The Hall–Kier alpha value is -3.28. The number of nitrogens with zero attached hydrogens (tertiary/aromatic N) is 3. The van der Waals surface area contributed by atoms with E-state index in [2.05, 4.69) is 10.1 Å². The van der Waals surface area contributed by atoms with Crippen LogP contribution in [0.2, 0.25) is 0 Å². The first-order valence-electron chi connectivity index (χ1n) is 8.80. The highest BCUT2D eigenvalue weighted by atomic mass is 19.1. The summed E-state index contributed by atoms with van der Waals surface area (Å²) in [5.41, 5.74) is 2.52. The summed E-state index contributed by atoms with van der Waals surface area (Å²) in [5, 5.41) is 4.31. The van der Waals surface area contributed by atoms with Crippen LogP contribution in [0.3, 0.4) is 0 Å². The zero-order valence-corrected chi connectivity index (χ0v) is 15.1. The summed E-state index contributed by atoms with van der Waals surface area (Å²) < 4.78 is 21.0. The summed E-state index contributed by atoms with van der Waals surface area (Å²) in [6.07, 6.45) is 2.58. The van der Waals surface area contributed by atoms with Crippen molar-refractivity contribution in [1.29, 1.82) is 0 Å². The molecular formula is C21H18FN3O2. The highest BCUT2D eigenvalue weighted by Crippen LogP contribution is 2.23. The molecule has 2 aromatic carbocycles. The third-order valence-electron chi connectivity index (χ3n) is 4.44. The number of hydrogen-bond donors (Lipinski definition) is 0. The summed E-state index contributed by atoms with van der Waals surface area (Å²) in [6, 6.07) is 11.9. The SMILES string of the molecule is CCCn1cc(-c2nc(-c3cccc(C)c3)no2)c(=O)c2cc(F)ccc21. The number of hydrogen-bond acceptors (Lipinski definition) is 4. The Bertz CT molecular complexity index is 1190. The molecule has 0 N–H and O–H groups in total. The van der Waals surface area contributed by atoms with Crippen LogP contribution < -0.4 is 5.43 Å². The van der Waals surface area contributed by atoms with Crippen molar-refractivity contribution in [2.75, 3.05) is 0 Å². The standard InChI is InChI=1S/C21H18FN3O2/c1-3-9-25-12-17(19(26)16-11-15(22)7-8-18(16)25)21-23-20(24-27-21)14-6-4-5-13(2)10-14/h4-8,10-12H,3,9H2,1-2H3. The molecule has 2 aromatic heterocycles. The molecule has 0 spiro atoms. The second-order valence-corrected chi connectivity index (χ2v) is 6.52. The highest BCUT2D eigenvalue weighted by Gasteiger charge is 2.17. The van der Waals surface area contributed by atoms with Gasteiger partial charge in [-0.3, -0.25) is 4.79 Å². The van der Waals surface area contributed by atoms with E-state index < -0.39 is 5.82 Å². The van der Waals surface area contributed by atoms with E-state index in [0.29, 0.717) is 23.3 Å². The molecular weight excluding hydrogens is 345 g/mol. The quantitative estimate of drug-likeness (QED) is 0.533. The van der Waals surface area contributed by atoms with Crippen molar-refractivity contribution in [3.63, 3.8) is 0 Å². The van der Waals surface area contributed by atoms with Gasteiger partial charge in [-0.15, -0.1) is 0 Å². The Labute approximate surface area is 155 Å². The van der Waals surface area contributed by atoms with Gasteiger partial charge in [0.15, 0.2) is 0 Å². The van der Waals surface area contributed by atoms with Crippen LogP contribution in [-0.2, 0) is 6.54 Å². The second-order valence-electron chi connectivity index (χ2n) is 6.52. The fraction of sp³-hybridized carbons (Fsp3) is 0.190. The van der Waals surface area contributed by atoms with Gasteiger partial charge in [0.05, 0.1) is 5.52 Å². The maximum Gasteiger partial charge on any atom is 0.263 e. The molecule has 4 aromatic rings. The van der Waals surface area contributed by atoms with Crippen LogP contribution in [0, 0.1) is 12.7 Å². The van der Waals surface area contributed by atoms with Crippen molar-refractivity contribution in [3.05, 3.63) is 70.3 Å². The molecule has 0 atom stereocenters. The molecule has 0 aliphatic heterocycles. The van der Waals surface area contributed by atoms with Gasteiger partial charge in [0.1, 0.15) is 11.4 Å². The van der Waals surface area contributed by atoms with Gasteiger partial charge in [-0.1, -0.05) is 35.8 Å². The van der Waals surface area contributed by atoms with Crippen LogP contribution in [0.5, 0.6) is 0 Å². The summed E-state index contributed by atoms with van der Waals surface area (Å²) in [4.78, 5) is 17.3. The molecule has 136 valence electrons. The molecule has 4 rings (SSSR count). The monoisotopic (exact) mass is 363 g/mol. The molecule has 0 bridgehead atoms. The predicted octanol–water partition coefficient (Wildman–Crippen LogP) is 4.58. The topological polar surface area (TPSA) is 60.9 Å². The van der Waals surface area contributed by atoms with Crippen molar-refractivity contribution in [2.45, 2.75) is 26.8 Å². The summed E-state index contributed by atoms with van der Waals surface area (Å²) >= 11 is 0. The Morgan fingerprint density at radius 2 is 2.04 bits per heavy atom. The fourth-order valence-corrected chi connectivity index (χ4v) is 3.18. The Kier molecular flexibility index (Phi) is 4.32. The molecule has 27 heavy (non-hydrogen) atoms. The Balaban J connectivity index is 1.89. The van der Waals surface area contributed by atoms with E-state index in [-0.39, 0.29) is 16.9 Å². The van der Waals surface area contributed by atoms with Crippen LogP contribution in [-0.4, -0.2) is 14.7 Å². The van der Waals surface area contributed by atoms with Crippen LogP contribution in [0.4, 0.5) is 4.39 Å². The average Bonchev–Trinajstić information content (AvgIpc) is 3.14. The number of benzene rings is 2. The maximum absolute atomic E-state index is 13.7. The summed E-state index contributed by atoms with van der Waals surface area (Å²) in [6.45, 7) is 4.70. The number of aromatic nitrogens is 3. The normalized spacial score (nSPS) is 11.2. The van der Waals surface area contributed by atoms with E-state index in [1.165, 1.54) is 12.1 Å². The molecule has 2 heterocycles. The summed E-state index contributed by atoms with van der Waals surface area (Å²) in [7, 11) is 0. The smallest absolute Gasteiger partial charge is 0.263 e. The summed E-state index contributed by atoms with van der Waals surface area (Å²) in [5.74, 6) is 0.0905. The van der Waals surface area contributed by atoms with Crippen molar-refractivity contribution in [1.82, 2.24) is 14.7 Å². The largest absolute Gasteiger partial charge is 0.346 e. The lowest BCUT2D eigenvalue weighted by molar-refractivity contribution is 0.431. The average molecular weight is 363 g/mol. The van der Waals surface area contributed by atoms with Crippen molar-refractivity contribution < 1.29 is 8.91 Å². The van der Waals surface area contributed by atoms with E-state index in [1.807, 2.05) is 42.7 Å². The van der Waals surface area contributed by atoms with Crippen LogP contribution in [0.25, 0.3) is 33.7 Å². The lowest BCUT2D eigenvalue weighted by Crippen LogP contribution is -2.12. The minimum Gasteiger partial charge on any atom is -0.346 e. The first-order valence-corrected chi connectivity index (χ1v) is 8.80. The van der Waals surface area contributed by atoms with Crippen LogP contribution in [0.1, 0.15) is 18.9 Å². The number of fused-ring (bicyclic) bond motifs is 1. The third-order valence-corrected chi connectivity index (χ3v) is 4.44. The molecule has 0 unspecified atom stereocenters. The minimum atomic E-state index is -0.453. The lowest BCUT2D eigenvalue weighted by Gasteiger charge is -2.11. The number of pyridine rings is 1. The van der Waals surface area contributed by atoms with Gasteiger partial charge in [0, 0.05) is 23.7 Å². The predicted molar refractivity (Wildman–Crippen MR) is 102 cm³/mol. The van der Waals surface area contributed by atoms with Gasteiger partial charge in [0.2, 0.25) is 11.3 Å². The molecule has 0 saturated carbocycles. The number of halogens is 1. The first-order chi connectivity index (χ1) is 13.1. The van der Waals surface area contributed by atoms with Crippen molar-refractivity contribution in [2.24, 2.45) is 0 Å². The van der Waals surface area contributed by atoms with Gasteiger partial charge in [-0.05, 0) is 37.6 Å². The molecule has 0 aliphatic carbocycles. The number of rotatable bonds is 4. The van der Waals surface area contributed by atoms with Gasteiger partial charge in [-0.25, -0.2) is 4.39 Å². The molecule has 6 heteroatoms. The molecule has 0 amide bonds. The van der Waals surface area contributed by atoms with E-state index in [1.54, 1.807) is 12.3 Å². The third kappa shape index (κ3) is 3.14. The van der Waals surface area contributed by atoms with Gasteiger partial charge in [-0.2, -0.15) is 4.98 Å². The van der Waals surface area contributed by atoms with Crippen molar-refractivity contribution in [3.8, 4) is 22.8 Å². The van der Waals surface area contributed by atoms with Crippen LogP contribution >= 0.6 is 0 Å². The maximum atomic E-state index is 13.7. The highest BCUT2D eigenvalue weighted by molar-refractivity contribution is 5.83. The second kappa shape index (κ2) is 6.79. The van der Waals surface area contributed by atoms with Gasteiger partial charge >= 0.3 is 0 Å². The van der Waals surface area contributed by atoms with E-state index in [0.717, 1.165) is 17.5 Å². The van der Waals surface area contributed by atoms with Crippen molar-refractivity contribution >= 4 is 10.9 Å².